The molecule has 2 rings (SSSR count). The summed E-state index contributed by atoms with van der Waals surface area (Å²) in [6, 6.07) is 6.11. The molecule has 18 heavy (non-hydrogen) atoms. The second-order valence-electron chi connectivity index (χ2n) is 4.54. The SMILES string of the molecule is CC(Nc1cc(Br)ccc1C(N)=S)C1CCCO1. The molecule has 1 fully saturated rings. The lowest BCUT2D eigenvalue weighted by Crippen LogP contribution is -2.31. The molecule has 0 aliphatic carbocycles. The molecule has 1 aromatic carbocycles. The third-order valence-corrected chi connectivity index (χ3v) is 3.87. The predicted molar refractivity (Wildman–Crippen MR) is 82.1 cm³/mol. The molecule has 2 unspecified atom stereocenters. The Morgan fingerprint density at radius 2 is 2.39 bits per heavy atom. The van der Waals surface area contributed by atoms with Crippen LogP contribution in [0.3, 0.4) is 0 Å². The molecule has 1 aliphatic heterocycles. The van der Waals surface area contributed by atoms with Crippen LogP contribution >= 0.6 is 28.1 Å². The van der Waals surface area contributed by atoms with E-state index in [2.05, 4.69) is 28.2 Å². The average molecular weight is 329 g/mol. The van der Waals surface area contributed by atoms with E-state index in [0.717, 1.165) is 35.2 Å². The molecule has 0 aromatic heterocycles. The molecular formula is C13H17BrN2OS. The molecule has 1 aliphatic rings. The number of hydrogen-bond acceptors (Lipinski definition) is 3. The maximum atomic E-state index is 5.74. The zero-order valence-electron chi connectivity index (χ0n) is 10.3. The van der Waals surface area contributed by atoms with E-state index in [0.29, 0.717) is 4.99 Å². The van der Waals surface area contributed by atoms with Crippen molar-refractivity contribution in [2.24, 2.45) is 5.73 Å². The van der Waals surface area contributed by atoms with Crippen molar-refractivity contribution in [1.29, 1.82) is 0 Å². The molecular weight excluding hydrogens is 312 g/mol. The van der Waals surface area contributed by atoms with Gasteiger partial charge in [0.25, 0.3) is 0 Å². The normalized spacial score (nSPS) is 20.7. The zero-order chi connectivity index (χ0) is 13.1. The summed E-state index contributed by atoms with van der Waals surface area (Å²) >= 11 is 8.54. The summed E-state index contributed by atoms with van der Waals surface area (Å²) in [6.45, 7) is 2.98. The molecule has 3 N–H and O–H groups in total. The molecule has 0 bridgehead atoms. The molecule has 98 valence electrons. The Hall–Kier alpha value is -0.650. The van der Waals surface area contributed by atoms with Gasteiger partial charge in [0.2, 0.25) is 0 Å². The van der Waals surface area contributed by atoms with Crippen LogP contribution in [0.15, 0.2) is 22.7 Å². The molecule has 3 nitrogen and oxygen atoms in total. The van der Waals surface area contributed by atoms with Crippen LogP contribution in [0.5, 0.6) is 0 Å². The Bertz CT molecular complexity index is 447. The molecule has 1 saturated heterocycles. The second-order valence-corrected chi connectivity index (χ2v) is 5.89. The second kappa shape index (κ2) is 5.99. The first-order valence-corrected chi connectivity index (χ1v) is 7.25. The van der Waals surface area contributed by atoms with E-state index in [1.807, 2.05) is 18.2 Å². The number of hydrogen-bond donors (Lipinski definition) is 2. The van der Waals surface area contributed by atoms with Gasteiger partial charge in [-0.3, -0.25) is 0 Å². The number of ether oxygens (including phenoxy) is 1. The maximum Gasteiger partial charge on any atom is 0.106 e. The molecule has 0 spiro atoms. The van der Waals surface area contributed by atoms with Gasteiger partial charge in [-0.05, 0) is 38.0 Å². The van der Waals surface area contributed by atoms with Gasteiger partial charge in [0.05, 0.1) is 6.10 Å². The third-order valence-electron chi connectivity index (χ3n) is 3.15. The number of benzene rings is 1. The van der Waals surface area contributed by atoms with Crippen molar-refractivity contribution in [3.63, 3.8) is 0 Å². The molecule has 0 amide bonds. The smallest absolute Gasteiger partial charge is 0.106 e. The summed E-state index contributed by atoms with van der Waals surface area (Å²) in [6.07, 6.45) is 2.50. The van der Waals surface area contributed by atoms with Crippen LogP contribution in [0, 0.1) is 0 Å². The minimum atomic E-state index is 0.245. The number of nitrogens with two attached hydrogens (primary N) is 1. The highest BCUT2D eigenvalue weighted by molar-refractivity contribution is 9.10. The monoisotopic (exact) mass is 328 g/mol. The predicted octanol–water partition coefficient (Wildman–Crippen LogP) is 3.06. The number of anilines is 1. The minimum Gasteiger partial charge on any atom is -0.389 e. The van der Waals surface area contributed by atoms with E-state index in [9.17, 15) is 0 Å². The summed E-state index contributed by atoms with van der Waals surface area (Å²) in [5, 5.41) is 3.45. The lowest BCUT2D eigenvalue weighted by molar-refractivity contribution is 0.0996. The molecule has 5 heteroatoms. The maximum absolute atomic E-state index is 5.74. The van der Waals surface area contributed by atoms with Crippen LogP contribution in [-0.2, 0) is 4.74 Å². The highest BCUT2D eigenvalue weighted by atomic mass is 79.9. The van der Waals surface area contributed by atoms with E-state index in [-0.39, 0.29) is 12.1 Å². The lowest BCUT2D eigenvalue weighted by Gasteiger charge is -2.22. The molecule has 0 radical (unpaired) electrons. The standard InChI is InChI=1S/C13H17BrN2OS/c1-8(12-3-2-6-17-12)16-11-7-9(14)4-5-10(11)13(15)18/h4-5,7-8,12,16H,2-3,6H2,1H3,(H2,15,18). The van der Waals surface area contributed by atoms with E-state index in [1.54, 1.807) is 0 Å². The van der Waals surface area contributed by atoms with E-state index in [4.69, 9.17) is 22.7 Å². The average Bonchev–Trinajstić information content (AvgIpc) is 2.81. The Morgan fingerprint density at radius 1 is 1.61 bits per heavy atom. The first kappa shape index (κ1) is 13.8. The summed E-state index contributed by atoms with van der Waals surface area (Å²) in [5.41, 5.74) is 7.57. The van der Waals surface area contributed by atoms with Gasteiger partial charge in [-0.2, -0.15) is 0 Å². The van der Waals surface area contributed by atoms with Crippen LogP contribution in [0.25, 0.3) is 0 Å². The molecule has 1 aromatic rings. The highest BCUT2D eigenvalue weighted by Gasteiger charge is 2.23. The van der Waals surface area contributed by atoms with Crippen LogP contribution in [0.4, 0.5) is 5.69 Å². The minimum absolute atomic E-state index is 0.245. The van der Waals surface area contributed by atoms with E-state index < -0.39 is 0 Å². The number of rotatable bonds is 4. The van der Waals surface area contributed by atoms with Crippen molar-refractivity contribution in [1.82, 2.24) is 0 Å². The van der Waals surface area contributed by atoms with Gasteiger partial charge in [-0.25, -0.2) is 0 Å². The van der Waals surface area contributed by atoms with Crippen LogP contribution < -0.4 is 11.1 Å². The molecule has 2 atom stereocenters. The fourth-order valence-electron chi connectivity index (χ4n) is 2.19. The van der Waals surface area contributed by atoms with E-state index in [1.165, 1.54) is 0 Å². The van der Waals surface area contributed by atoms with Gasteiger partial charge in [-0.15, -0.1) is 0 Å². The molecule has 0 saturated carbocycles. The lowest BCUT2D eigenvalue weighted by atomic mass is 10.1. The number of nitrogens with one attached hydrogen (secondary N) is 1. The van der Waals surface area contributed by atoms with Crippen molar-refractivity contribution >= 4 is 38.8 Å². The van der Waals surface area contributed by atoms with Gasteiger partial charge in [-0.1, -0.05) is 28.1 Å². The number of thiocarbonyl (C=S) groups is 1. The third kappa shape index (κ3) is 3.22. The first-order valence-electron chi connectivity index (χ1n) is 6.05. The van der Waals surface area contributed by atoms with Gasteiger partial charge in [0.15, 0.2) is 0 Å². The fraction of sp³-hybridized carbons (Fsp3) is 0.462. The van der Waals surface area contributed by atoms with Crippen molar-refractivity contribution in [2.75, 3.05) is 11.9 Å². The van der Waals surface area contributed by atoms with E-state index >= 15 is 0 Å². The van der Waals surface area contributed by atoms with Crippen molar-refractivity contribution in [2.45, 2.75) is 31.9 Å². The highest BCUT2D eigenvalue weighted by Crippen LogP contribution is 2.25. The number of halogens is 1. The van der Waals surface area contributed by atoms with Gasteiger partial charge >= 0.3 is 0 Å². The van der Waals surface area contributed by atoms with Crippen LogP contribution in [0.1, 0.15) is 25.3 Å². The van der Waals surface area contributed by atoms with Crippen molar-refractivity contribution < 1.29 is 4.74 Å². The van der Waals surface area contributed by atoms with Crippen molar-refractivity contribution in [3.05, 3.63) is 28.2 Å². The Morgan fingerprint density at radius 3 is 3.00 bits per heavy atom. The van der Waals surface area contributed by atoms with Gasteiger partial charge in [0.1, 0.15) is 4.99 Å². The summed E-state index contributed by atoms with van der Waals surface area (Å²) in [7, 11) is 0. The zero-order valence-corrected chi connectivity index (χ0v) is 12.7. The summed E-state index contributed by atoms with van der Waals surface area (Å²) < 4.78 is 6.68. The van der Waals surface area contributed by atoms with Crippen LogP contribution in [0.2, 0.25) is 0 Å². The Kier molecular flexibility index (Phi) is 4.59. The largest absolute Gasteiger partial charge is 0.389 e. The fourth-order valence-corrected chi connectivity index (χ4v) is 2.72. The summed E-state index contributed by atoms with van der Waals surface area (Å²) in [5.74, 6) is 0. The van der Waals surface area contributed by atoms with Crippen LogP contribution in [-0.4, -0.2) is 23.7 Å². The topological polar surface area (TPSA) is 47.3 Å². The Balaban J connectivity index is 2.16. The summed E-state index contributed by atoms with van der Waals surface area (Å²) in [4.78, 5) is 0.407. The Labute approximate surface area is 121 Å². The van der Waals surface area contributed by atoms with Gasteiger partial charge < -0.3 is 15.8 Å². The quantitative estimate of drug-likeness (QED) is 0.834. The van der Waals surface area contributed by atoms with Gasteiger partial charge in [0, 0.05) is 28.4 Å². The van der Waals surface area contributed by atoms with Crippen molar-refractivity contribution in [3.8, 4) is 0 Å². The molecule has 1 heterocycles. The first-order chi connectivity index (χ1) is 8.58.